The lowest BCUT2D eigenvalue weighted by Gasteiger charge is -2.10. The van der Waals surface area contributed by atoms with E-state index in [0.717, 1.165) is 11.3 Å². The highest BCUT2D eigenvalue weighted by molar-refractivity contribution is 5.49. The zero-order chi connectivity index (χ0) is 9.84. The van der Waals surface area contributed by atoms with Crippen LogP contribution in [0.2, 0.25) is 0 Å². The van der Waals surface area contributed by atoms with Crippen LogP contribution >= 0.6 is 0 Å². The van der Waals surface area contributed by atoms with Gasteiger partial charge in [0.25, 0.3) is 0 Å². The van der Waals surface area contributed by atoms with Crippen molar-refractivity contribution >= 4 is 5.69 Å². The Labute approximate surface area is 79.7 Å². The molecule has 0 atom stereocenters. The monoisotopic (exact) mass is 179 g/mol. The van der Waals surface area contributed by atoms with Crippen LogP contribution in [0.25, 0.3) is 0 Å². The maximum absolute atomic E-state index is 5.77. The van der Waals surface area contributed by atoms with Crippen molar-refractivity contribution in [3.05, 3.63) is 29.3 Å². The third kappa shape index (κ3) is 2.74. The summed E-state index contributed by atoms with van der Waals surface area (Å²) < 4.78 is 5.51. The van der Waals surface area contributed by atoms with Crippen molar-refractivity contribution < 1.29 is 4.74 Å². The molecule has 0 heterocycles. The van der Waals surface area contributed by atoms with Crippen LogP contribution in [-0.2, 0) is 11.3 Å². The van der Waals surface area contributed by atoms with E-state index < -0.39 is 0 Å². The molecule has 72 valence electrons. The zero-order valence-electron chi connectivity index (χ0n) is 8.50. The van der Waals surface area contributed by atoms with Crippen molar-refractivity contribution in [2.24, 2.45) is 0 Å². The molecular formula is C11H17NO. The summed E-state index contributed by atoms with van der Waals surface area (Å²) in [6.07, 6.45) is 0.265. The van der Waals surface area contributed by atoms with Gasteiger partial charge in [-0.1, -0.05) is 12.1 Å². The fraction of sp³-hybridized carbons (Fsp3) is 0.455. The summed E-state index contributed by atoms with van der Waals surface area (Å²) in [5.74, 6) is 0. The van der Waals surface area contributed by atoms with Crippen LogP contribution in [0.4, 0.5) is 5.69 Å². The van der Waals surface area contributed by atoms with E-state index in [-0.39, 0.29) is 6.10 Å². The number of hydrogen-bond acceptors (Lipinski definition) is 2. The molecule has 0 saturated heterocycles. The van der Waals surface area contributed by atoms with Crippen molar-refractivity contribution in [3.63, 3.8) is 0 Å². The lowest BCUT2D eigenvalue weighted by atomic mass is 10.1. The second-order valence-corrected chi connectivity index (χ2v) is 3.49. The number of rotatable bonds is 3. The summed E-state index contributed by atoms with van der Waals surface area (Å²) in [6.45, 7) is 6.73. The number of nitrogen functional groups attached to an aromatic ring is 1. The molecular weight excluding hydrogens is 162 g/mol. The van der Waals surface area contributed by atoms with Gasteiger partial charge in [-0.2, -0.15) is 0 Å². The zero-order valence-corrected chi connectivity index (χ0v) is 8.50. The van der Waals surface area contributed by atoms with E-state index in [4.69, 9.17) is 10.5 Å². The number of benzene rings is 1. The highest BCUT2D eigenvalue weighted by Gasteiger charge is 2.01. The average Bonchev–Trinajstić information content (AvgIpc) is 2.07. The van der Waals surface area contributed by atoms with Gasteiger partial charge in [-0.3, -0.25) is 0 Å². The molecule has 2 nitrogen and oxygen atoms in total. The Balaban J connectivity index is 2.71. The van der Waals surface area contributed by atoms with E-state index in [2.05, 4.69) is 0 Å². The molecule has 13 heavy (non-hydrogen) atoms. The van der Waals surface area contributed by atoms with Crippen molar-refractivity contribution in [1.29, 1.82) is 0 Å². The third-order valence-corrected chi connectivity index (χ3v) is 2.06. The Kier molecular flexibility index (Phi) is 3.32. The lowest BCUT2D eigenvalue weighted by Crippen LogP contribution is -2.04. The lowest BCUT2D eigenvalue weighted by molar-refractivity contribution is 0.0654. The molecule has 0 spiro atoms. The van der Waals surface area contributed by atoms with Gasteiger partial charge in [0.15, 0.2) is 0 Å². The molecule has 0 fully saturated rings. The Hall–Kier alpha value is -1.02. The molecule has 2 N–H and O–H groups in total. The molecule has 1 aromatic carbocycles. The molecule has 1 rings (SSSR count). The fourth-order valence-electron chi connectivity index (χ4n) is 1.12. The third-order valence-electron chi connectivity index (χ3n) is 2.06. The summed E-state index contributed by atoms with van der Waals surface area (Å²) in [5, 5.41) is 0. The average molecular weight is 179 g/mol. The maximum Gasteiger partial charge on any atom is 0.0723 e. The van der Waals surface area contributed by atoms with E-state index >= 15 is 0 Å². The molecule has 2 heteroatoms. The Morgan fingerprint density at radius 2 is 2.08 bits per heavy atom. The summed E-state index contributed by atoms with van der Waals surface area (Å²) >= 11 is 0. The number of hydrogen-bond donors (Lipinski definition) is 1. The Morgan fingerprint density at radius 1 is 1.38 bits per heavy atom. The quantitative estimate of drug-likeness (QED) is 0.723. The fourth-order valence-corrected chi connectivity index (χ4v) is 1.12. The minimum atomic E-state index is 0.265. The minimum Gasteiger partial charge on any atom is -0.399 e. The first-order chi connectivity index (χ1) is 6.11. The van der Waals surface area contributed by atoms with Gasteiger partial charge >= 0.3 is 0 Å². The molecule has 0 saturated carbocycles. The predicted octanol–water partition coefficient (Wildman–Crippen LogP) is 2.50. The maximum atomic E-state index is 5.77. The van der Waals surface area contributed by atoms with Crippen LogP contribution in [0.5, 0.6) is 0 Å². The largest absolute Gasteiger partial charge is 0.399 e. The van der Waals surface area contributed by atoms with Crippen molar-refractivity contribution in [2.75, 3.05) is 5.73 Å². The van der Waals surface area contributed by atoms with E-state index in [1.54, 1.807) is 0 Å². The molecule has 1 aromatic rings. The minimum absolute atomic E-state index is 0.265. The SMILES string of the molecule is Cc1c(N)cccc1COC(C)C. The summed E-state index contributed by atoms with van der Waals surface area (Å²) in [6, 6.07) is 5.92. The second-order valence-electron chi connectivity index (χ2n) is 3.49. The van der Waals surface area contributed by atoms with E-state index in [0.29, 0.717) is 6.61 Å². The molecule has 0 bridgehead atoms. The molecule has 0 aliphatic carbocycles. The van der Waals surface area contributed by atoms with Crippen LogP contribution in [0, 0.1) is 6.92 Å². The molecule has 0 aliphatic heterocycles. The molecule has 0 aliphatic rings. The summed E-state index contributed by atoms with van der Waals surface area (Å²) in [4.78, 5) is 0. The van der Waals surface area contributed by atoms with Gasteiger partial charge in [-0.15, -0.1) is 0 Å². The standard InChI is InChI=1S/C11H17NO/c1-8(2)13-7-10-5-4-6-11(12)9(10)3/h4-6,8H,7,12H2,1-3H3. The Bertz CT molecular complexity index is 281. The van der Waals surface area contributed by atoms with Crippen LogP contribution in [0.15, 0.2) is 18.2 Å². The van der Waals surface area contributed by atoms with E-state index in [1.165, 1.54) is 5.56 Å². The smallest absolute Gasteiger partial charge is 0.0723 e. The van der Waals surface area contributed by atoms with Crippen LogP contribution < -0.4 is 5.73 Å². The molecule has 0 radical (unpaired) electrons. The summed E-state index contributed by atoms with van der Waals surface area (Å²) in [7, 11) is 0. The summed E-state index contributed by atoms with van der Waals surface area (Å²) in [5.41, 5.74) is 8.91. The van der Waals surface area contributed by atoms with Crippen molar-refractivity contribution in [3.8, 4) is 0 Å². The normalized spacial score (nSPS) is 10.8. The van der Waals surface area contributed by atoms with Gasteiger partial charge in [0.1, 0.15) is 0 Å². The van der Waals surface area contributed by atoms with Gasteiger partial charge in [-0.05, 0) is 38.0 Å². The highest BCUT2D eigenvalue weighted by atomic mass is 16.5. The first-order valence-corrected chi connectivity index (χ1v) is 4.57. The van der Waals surface area contributed by atoms with Crippen LogP contribution in [0.3, 0.4) is 0 Å². The van der Waals surface area contributed by atoms with E-state index in [1.807, 2.05) is 39.0 Å². The first-order valence-electron chi connectivity index (χ1n) is 4.57. The van der Waals surface area contributed by atoms with Crippen LogP contribution in [0.1, 0.15) is 25.0 Å². The van der Waals surface area contributed by atoms with Gasteiger partial charge in [0.2, 0.25) is 0 Å². The van der Waals surface area contributed by atoms with Gasteiger partial charge in [-0.25, -0.2) is 0 Å². The topological polar surface area (TPSA) is 35.2 Å². The number of ether oxygens (including phenoxy) is 1. The van der Waals surface area contributed by atoms with Gasteiger partial charge < -0.3 is 10.5 Å². The predicted molar refractivity (Wildman–Crippen MR) is 55.5 cm³/mol. The van der Waals surface area contributed by atoms with Crippen molar-refractivity contribution in [1.82, 2.24) is 0 Å². The highest BCUT2D eigenvalue weighted by Crippen LogP contribution is 2.16. The van der Waals surface area contributed by atoms with Gasteiger partial charge in [0.05, 0.1) is 12.7 Å². The van der Waals surface area contributed by atoms with E-state index in [9.17, 15) is 0 Å². The first kappa shape index (κ1) is 10.1. The van der Waals surface area contributed by atoms with Crippen LogP contribution in [-0.4, -0.2) is 6.10 Å². The molecule has 0 unspecified atom stereocenters. The molecule has 0 aromatic heterocycles. The number of nitrogens with two attached hydrogens (primary N) is 1. The number of anilines is 1. The Morgan fingerprint density at radius 3 is 2.69 bits per heavy atom. The van der Waals surface area contributed by atoms with Crippen molar-refractivity contribution in [2.45, 2.75) is 33.5 Å². The molecule has 0 amide bonds. The van der Waals surface area contributed by atoms with Gasteiger partial charge in [0, 0.05) is 5.69 Å². The second kappa shape index (κ2) is 4.28.